The van der Waals surface area contributed by atoms with Gasteiger partial charge >= 0.3 is 0 Å². The molecule has 1 fully saturated rings. The molecule has 3 atom stereocenters. The van der Waals surface area contributed by atoms with Crippen molar-refractivity contribution in [1.82, 2.24) is 5.32 Å². The summed E-state index contributed by atoms with van der Waals surface area (Å²) in [4.78, 5) is 0. The summed E-state index contributed by atoms with van der Waals surface area (Å²) in [5.41, 5.74) is 1.16. The van der Waals surface area contributed by atoms with Crippen LogP contribution >= 0.6 is 0 Å². The predicted octanol–water partition coefficient (Wildman–Crippen LogP) is 3.05. The second kappa shape index (κ2) is 8.15. The summed E-state index contributed by atoms with van der Waals surface area (Å²) in [5, 5.41) is 14.1. The third-order valence-corrected chi connectivity index (χ3v) is 5.14. The number of hydrogen-bond acceptors (Lipinski definition) is 5. The Morgan fingerprint density at radius 1 is 1.11 bits per heavy atom. The molecule has 1 aliphatic carbocycles. The summed E-state index contributed by atoms with van der Waals surface area (Å²) in [5.74, 6) is 1.69. The van der Waals surface area contributed by atoms with Gasteiger partial charge in [-0.3, -0.25) is 0 Å². The number of hydrogen-bond donors (Lipinski definition) is 2. The largest absolute Gasteiger partial charge is 0.488 e. The molecule has 0 bridgehead atoms. The molecule has 0 saturated heterocycles. The Bertz CT molecular complexity index is 785. The first-order valence-electron chi connectivity index (χ1n) is 9.41. The lowest BCUT2D eigenvalue weighted by Gasteiger charge is -2.35. The first kappa shape index (κ1) is 18.1. The van der Waals surface area contributed by atoms with Crippen LogP contribution in [0.3, 0.4) is 0 Å². The molecule has 0 radical (unpaired) electrons. The van der Waals surface area contributed by atoms with E-state index in [0.717, 1.165) is 49.3 Å². The summed E-state index contributed by atoms with van der Waals surface area (Å²) in [7, 11) is 0. The number of aliphatic hydroxyl groups excluding tert-OH is 1. The van der Waals surface area contributed by atoms with Gasteiger partial charge in [0.05, 0.1) is 0 Å². The maximum Gasteiger partial charge on any atom is 0.231 e. The van der Waals surface area contributed by atoms with Crippen LogP contribution in [0.1, 0.15) is 24.8 Å². The molecule has 1 aliphatic heterocycles. The normalized spacial score (nSPS) is 24.0. The van der Waals surface area contributed by atoms with Crippen LogP contribution in [0.15, 0.2) is 42.5 Å². The molecule has 0 aromatic heterocycles. The lowest BCUT2D eigenvalue weighted by atomic mass is 9.89. The van der Waals surface area contributed by atoms with Gasteiger partial charge in [0.2, 0.25) is 6.79 Å². The van der Waals surface area contributed by atoms with E-state index >= 15 is 0 Å². The minimum absolute atomic E-state index is 0.0358. The predicted molar refractivity (Wildman–Crippen MR) is 98.7 cm³/mol. The van der Waals surface area contributed by atoms with E-state index in [1.54, 1.807) is 12.1 Å². The molecule has 6 heteroatoms. The highest BCUT2D eigenvalue weighted by Crippen LogP contribution is 2.32. The molecule has 2 N–H and O–H groups in total. The highest BCUT2D eigenvalue weighted by Gasteiger charge is 2.33. The van der Waals surface area contributed by atoms with Gasteiger partial charge in [0, 0.05) is 12.1 Å². The monoisotopic (exact) mass is 373 g/mol. The zero-order valence-corrected chi connectivity index (χ0v) is 15.1. The lowest BCUT2D eigenvalue weighted by Crippen LogP contribution is -2.51. The van der Waals surface area contributed by atoms with Crippen LogP contribution in [0.4, 0.5) is 4.39 Å². The first-order valence-corrected chi connectivity index (χ1v) is 9.41. The van der Waals surface area contributed by atoms with Crippen LogP contribution in [0.25, 0.3) is 0 Å². The molecular weight excluding hydrogens is 349 g/mol. The number of ether oxygens (including phenoxy) is 3. The number of fused-ring (bicyclic) bond motifs is 1. The van der Waals surface area contributed by atoms with Crippen LogP contribution in [-0.4, -0.2) is 36.7 Å². The van der Waals surface area contributed by atoms with Crippen LogP contribution in [0, 0.1) is 5.82 Å². The quantitative estimate of drug-likeness (QED) is 0.815. The van der Waals surface area contributed by atoms with E-state index in [1.165, 1.54) is 12.1 Å². The van der Waals surface area contributed by atoms with Gasteiger partial charge in [-0.25, -0.2) is 4.39 Å². The van der Waals surface area contributed by atoms with Gasteiger partial charge in [0.25, 0.3) is 0 Å². The Labute approximate surface area is 158 Å². The van der Waals surface area contributed by atoms with Gasteiger partial charge in [0.15, 0.2) is 11.5 Å². The average molecular weight is 373 g/mol. The molecule has 0 unspecified atom stereocenters. The van der Waals surface area contributed by atoms with Gasteiger partial charge in [-0.15, -0.1) is 0 Å². The summed E-state index contributed by atoms with van der Waals surface area (Å²) in [6.45, 7) is 1.02. The summed E-state index contributed by atoms with van der Waals surface area (Å²) in [6.07, 6.45) is 2.49. The molecule has 4 rings (SSSR count). The Hall–Kier alpha value is -2.31. The molecular formula is C21H24FNO4. The van der Waals surface area contributed by atoms with Crippen LogP contribution in [0.5, 0.6) is 17.2 Å². The Morgan fingerprint density at radius 3 is 2.89 bits per heavy atom. The third-order valence-electron chi connectivity index (χ3n) is 5.14. The molecule has 0 spiro atoms. The van der Waals surface area contributed by atoms with Gasteiger partial charge in [0.1, 0.15) is 23.8 Å². The molecule has 0 amide bonds. The highest BCUT2D eigenvalue weighted by atomic mass is 19.1. The second-order valence-corrected chi connectivity index (χ2v) is 7.03. The summed E-state index contributed by atoms with van der Waals surface area (Å²) >= 11 is 0. The highest BCUT2D eigenvalue weighted by molar-refractivity contribution is 5.44. The molecule has 1 heterocycles. The van der Waals surface area contributed by atoms with Crippen LogP contribution in [0.2, 0.25) is 0 Å². The molecule has 144 valence electrons. The third kappa shape index (κ3) is 4.34. The van der Waals surface area contributed by atoms with E-state index < -0.39 is 6.10 Å². The molecule has 27 heavy (non-hydrogen) atoms. The maximum atomic E-state index is 13.3. The van der Waals surface area contributed by atoms with Crippen molar-refractivity contribution < 1.29 is 23.7 Å². The zero-order chi connectivity index (χ0) is 18.6. The maximum absolute atomic E-state index is 13.3. The minimum Gasteiger partial charge on any atom is -0.488 e. The van der Waals surface area contributed by atoms with E-state index in [9.17, 15) is 9.50 Å². The van der Waals surface area contributed by atoms with Crippen molar-refractivity contribution in [2.24, 2.45) is 0 Å². The lowest BCUT2D eigenvalue weighted by molar-refractivity contribution is -0.0152. The van der Waals surface area contributed by atoms with Crippen molar-refractivity contribution in [2.75, 3.05) is 13.3 Å². The fourth-order valence-corrected chi connectivity index (χ4v) is 3.70. The van der Waals surface area contributed by atoms with Crippen LogP contribution < -0.4 is 19.5 Å². The molecule has 2 aromatic carbocycles. The molecule has 2 aliphatic rings. The summed E-state index contributed by atoms with van der Waals surface area (Å²) in [6, 6.07) is 12.0. The van der Waals surface area contributed by atoms with Crippen LogP contribution in [-0.2, 0) is 6.42 Å². The Morgan fingerprint density at radius 2 is 2.00 bits per heavy atom. The van der Waals surface area contributed by atoms with E-state index in [2.05, 4.69) is 5.32 Å². The standard InChI is InChI=1S/C21H24FNO4/c22-15-3-1-4-16(12-15)27-19-6-2-5-17(21(19)24)23-10-9-14-7-8-18-20(11-14)26-13-25-18/h1,3-4,7-8,11-12,17,19,21,23-24H,2,5-6,9-10,13H2/t17-,19+,21+/m0/s1. The van der Waals surface area contributed by atoms with Crippen molar-refractivity contribution in [3.63, 3.8) is 0 Å². The fourth-order valence-electron chi connectivity index (χ4n) is 3.70. The zero-order valence-electron chi connectivity index (χ0n) is 15.1. The van der Waals surface area contributed by atoms with Crippen molar-refractivity contribution in [3.05, 3.63) is 53.8 Å². The molecule has 2 aromatic rings. The van der Waals surface area contributed by atoms with E-state index in [-0.39, 0.29) is 24.8 Å². The van der Waals surface area contributed by atoms with Crippen molar-refractivity contribution in [1.29, 1.82) is 0 Å². The first-order chi connectivity index (χ1) is 13.2. The van der Waals surface area contributed by atoms with E-state index in [4.69, 9.17) is 14.2 Å². The van der Waals surface area contributed by atoms with Gasteiger partial charge in [-0.1, -0.05) is 12.1 Å². The van der Waals surface area contributed by atoms with Gasteiger partial charge in [-0.05, 0) is 62.1 Å². The SMILES string of the molecule is O[C@@H]1[C@@H](NCCc2ccc3c(c2)OCO3)CCC[C@H]1Oc1cccc(F)c1. The number of rotatable bonds is 6. The number of aliphatic hydroxyl groups is 1. The molecule has 5 nitrogen and oxygen atoms in total. The van der Waals surface area contributed by atoms with Crippen molar-refractivity contribution >= 4 is 0 Å². The van der Waals surface area contributed by atoms with Crippen molar-refractivity contribution in [3.8, 4) is 17.2 Å². The smallest absolute Gasteiger partial charge is 0.231 e. The minimum atomic E-state index is -0.626. The van der Waals surface area contributed by atoms with E-state index in [0.29, 0.717) is 5.75 Å². The second-order valence-electron chi connectivity index (χ2n) is 7.03. The topological polar surface area (TPSA) is 60.0 Å². The number of nitrogens with one attached hydrogen (secondary N) is 1. The number of benzene rings is 2. The fraction of sp³-hybridized carbons (Fsp3) is 0.429. The summed E-state index contributed by atoms with van der Waals surface area (Å²) < 4.78 is 29.9. The number of halogens is 1. The Balaban J connectivity index is 1.29. The van der Waals surface area contributed by atoms with Gasteiger partial charge < -0.3 is 24.6 Å². The van der Waals surface area contributed by atoms with Gasteiger partial charge in [-0.2, -0.15) is 0 Å². The van der Waals surface area contributed by atoms with Crippen molar-refractivity contribution in [2.45, 2.75) is 43.9 Å². The molecule has 1 saturated carbocycles. The van der Waals surface area contributed by atoms with E-state index in [1.807, 2.05) is 18.2 Å². The average Bonchev–Trinajstić information content (AvgIpc) is 3.13. The Kier molecular flexibility index (Phi) is 5.45.